The van der Waals surface area contributed by atoms with Crippen molar-refractivity contribution < 1.29 is 53.0 Å². The highest BCUT2D eigenvalue weighted by atomic mass is 16.7. The van der Waals surface area contributed by atoms with E-state index in [9.17, 15) is 24.6 Å². The van der Waals surface area contributed by atoms with Crippen molar-refractivity contribution in [1.82, 2.24) is 10.2 Å². The topological polar surface area (TPSA) is 162 Å². The number of Topliss-reactive ketones (excluding diaryl/α,β-unsaturated/α-hetero) is 1. The number of allylic oxidation sites excluding steroid dienone is 1. The van der Waals surface area contributed by atoms with E-state index in [4.69, 9.17) is 28.4 Å². The number of carbonyl (C=O) groups excluding carboxylic acids is 3. The van der Waals surface area contributed by atoms with E-state index in [0.717, 1.165) is 0 Å². The van der Waals surface area contributed by atoms with Crippen LogP contribution in [0.4, 0.5) is 4.79 Å². The van der Waals surface area contributed by atoms with E-state index < -0.39 is 78.0 Å². The molecule has 2 saturated heterocycles. The largest absolute Gasteiger partial charge is 0.459 e. The summed E-state index contributed by atoms with van der Waals surface area (Å²) in [6, 6.07) is -0.320. The first kappa shape index (κ1) is 46.0. The van der Waals surface area contributed by atoms with Crippen molar-refractivity contribution in [3.63, 3.8) is 0 Å². The SMILES string of the molecule is C=CCNC(=O)O[C@]1(C)C[C@@H](C)C(=O)/C(C)=C/[C@](C)(O)[C@@H](CC)OC(=O)[C@H](C)[C@@H](O[C@H]2CC(C)(C)[CH][C@H](C)O2)[C@H](C)[C@H]1O[C@@H]1O[C@H](C)C[C@H](N(C)C)[C@H]1O. The van der Waals surface area contributed by atoms with Crippen LogP contribution in [0.15, 0.2) is 24.3 Å². The fourth-order valence-electron chi connectivity index (χ4n) is 8.52. The summed E-state index contributed by atoms with van der Waals surface area (Å²) >= 11 is 0. The average Bonchev–Trinajstić information content (AvgIpc) is 3.05. The van der Waals surface area contributed by atoms with Gasteiger partial charge >= 0.3 is 12.1 Å². The Balaban J connectivity index is 2.30. The zero-order valence-corrected chi connectivity index (χ0v) is 34.9. The standard InChI is InChI=1S/C41H69N2O11/c1-15-17-42-38(47)54-41(12)20-24(4)32(44)23(3)19-40(11,48)30(16-2)51-36(46)28(8)34(52-31-22-39(9,10)21-26(6)49-31)27(7)35(41)53-37-33(45)29(43(13)14)18-25(5)50-37/h15,19,21,24-31,33-35,37,45,48H,1,16-18,20,22H2,2-14H3,(H,42,47)/b23-19+/t24-,25-,26+,27+,28-,29+,30-,31+,33-,34+,35-,37+,40+,41-/m1/s1. The van der Waals surface area contributed by atoms with Crippen molar-refractivity contribution in [2.45, 2.75) is 168 Å². The number of cyclic esters (lactones) is 1. The minimum absolute atomic E-state index is 0.0349. The molecule has 0 aliphatic carbocycles. The molecule has 54 heavy (non-hydrogen) atoms. The Kier molecular flexibility index (Phi) is 15.9. The number of amides is 1. The number of aliphatic hydroxyl groups is 2. The van der Waals surface area contributed by atoms with E-state index >= 15 is 0 Å². The summed E-state index contributed by atoms with van der Waals surface area (Å²) in [5.74, 6) is -3.44. The number of likely N-dealkylation sites (N-methyl/N-ethyl adjacent to an activating group) is 1. The number of nitrogens with one attached hydrogen (secondary N) is 1. The molecule has 0 aromatic heterocycles. The van der Waals surface area contributed by atoms with E-state index in [2.05, 4.69) is 32.2 Å². The predicted octanol–water partition coefficient (Wildman–Crippen LogP) is 5.12. The lowest BCUT2D eigenvalue weighted by Gasteiger charge is -2.49. The average molecular weight is 766 g/mol. The molecule has 3 heterocycles. The first-order valence-corrected chi connectivity index (χ1v) is 19.5. The lowest BCUT2D eigenvalue weighted by molar-refractivity contribution is -0.306. The highest BCUT2D eigenvalue weighted by Gasteiger charge is 2.53. The molecular formula is C41H69N2O11. The minimum Gasteiger partial charge on any atom is -0.459 e. The van der Waals surface area contributed by atoms with Crippen LogP contribution in [0.3, 0.4) is 0 Å². The highest BCUT2D eigenvalue weighted by molar-refractivity contribution is 5.96. The van der Waals surface area contributed by atoms with Crippen molar-refractivity contribution in [2.75, 3.05) is 20.6 Å². The lowest BCUT2D eigenvalue weighted by Crippen LogP contribution is -2.61. The predicted molar refractivity (Wildman–Crippen MR) is 204 cm³/mol. The fraction of sp³-hybridized carbons (Fsp3) is 0.805. The Morgan fingerprint density at radius 1 is 1.07 bits per heavy atom. The van der Waals surface area contributed by atoms with Crippen molar-refractivity contribution in [1.29, 1.82) is 0 Å². The molecule has 3 aliphatic heterocycles. The van der Waals surface area contributed by atoms with Crippen molar-refractivity contribution in [2.24, 2.45) is 23.2 Å². The van der Waals surface area contributed by atoms with Crippen molar-refractivity contribution >= 4 is 17.8 Å². The first-order chi connectivity index (χ1) is 24.9. The van der Waals surface area contributed by atoms with Crippen LogP contribution < -0.4 is 5.32 Å². The monoisotopic (exact) mass is 765 g/mol. The maximum Gasteiger partial charge on any atom is 0.408 e. The van der Waals surface area contributed by atoms with E-state index in [1.54, 1.807) is 34.6 Å². The third kappa shape index (κ3) is 11.6. The number of alkyl carbamates (subject to hydrolysis) is 1. The lowest BCUT2D eigenvalue weighted by atomic mass is 9.76. The maximum absolute atomic E-state index is 14.2. The van der Waals surface area contributed by atoms with Gasteiger partial charge in [-0.25, -0.2) is 4.79 Å². The van der Waals surface area contributed by atoms with Gasteiger partial charge < -0.3 is 48.9 Å². The smallest absolute Gasteiger partial charge is 0.408 e. The van der Waals surface area contributed by atoms with E-state index in [1.165, 1.54) is 19.1 Å². The van der Waals surface area contributed by atoms with E-state index in [0.29, 0.717) is 12.8 Å². The number of hydrogen-bond acceptors (Lipinski definition) is 12. The van der Waals surface area contributed by atoms with Gasteiger partial charge in [-0.2, -0.15) is 0 Å². The van der Waals surface area contributed by atoms with Crippen molar-refractivity contribution in [3.8, 4) is 0 Å². The third-order valence-electron chi connectivity index (χ3n) is 11.1. The number of nitrogens with zero attached hydrogens (tertiary/aromatic N) is 1. The van der Waals surface area contributed by atoms with Gasteiger partial charge in [0.2, 0.25) is 0 Å². The second-order valence-electron chi connectivity index (χ2n) is 17.2. The highest BCUT2D eigenvalue weighted by Crippen LogP contribution is 2.42. The number of hydrogen-bond donors (Lipinski definition) is 3. The van der Waals surface area contributed by atoms with Gasteiger partial charge in [-0.3, -0.25) is 9.59 Å². The summed E-state index contributed by atoms with van der Waals surface area (Å²) < 4.78 is 38.5. The second kappa shape index (κ2) is 18.7. The molecule has 0 unspecified atom stereocenters. The van der Waals surface area contributed by atoms with Gasteiger partial charge in [-0.1, -0.05) is 40.7 Å². The van der Waals surface area contributed by atoms with Gasteiger partial charge in [0.25, 0.3) is 0 Å². The van der Waals surface area contributed by atoms with Crippen LogP contribution in [0.25, 0.3) is 0 Å². The zero-order chi connectivity index (χ0) is 40.9. The summed E-state index contributed by atoms with van der Waals surface area (Å²) in [6.45, 7) is 23.6. The van der Waals surface area contributed by atoms with E-state index in [1.807, 2.05) is 39.8 Å². The zero-order valence-electron chi connectivity index (χ0n) is 34.9. The molecule has 0 aromatic rings. The summed E-state index contributed by atoms with van der Waals surface area (Å²) in [5, 5.41) is 26.0. The van der Waals surface area contributed by atoms with Crippen LogP contribution in [0.5, 0.6) is 0 Å². The van der Waals surface area contributed by atoms with Gasteiger partial charge in [0, 0.05) is 30.8 Å². The molecule has 1 radical (unpaired) electrons. The maximum atomic E-state index is 14.2. The molecule has 2 fully saturated rings. The Bertz CT molecular complexity index is 1330. The molecule has 14 atom stereocenters. The van der Waals surface area contributed by atoms with Crippen LogP contribution >= 0.6 is 0 Å². The van der Waals surface area contributed by atoms with Gasteiger partial charge in [-0.15, -0.1) is 6.58 Å². The third-order valence-corrected chi connectivity index (χ3v) is 11.1. The number of esters is 1. The number of rotatable bonds is 9. The Morgan fingerprint density at radius 3 is 2.30 bits per heavy atom. The Labute approximate surface area is 323 Å². The Hall–Kier alpha value is -2.39. The summed E-state index contributed by atoms with van der Waals surface area (Å²) in [5.41, 5.74) is -3.26. The summed E-state index contributed by atoms with van der Waals surface area (Å²) in [7, 11) is 3.74. The van der Waals surface area contributed by atoms with Crippen LogP contribution in [0.2, 0.25) is 0 Å². The van der Waals surface area contributed by atoms with Crippen LogP contribution in [0, 0.1) is 29.6 Å². The molecule has 309 valence electrons. The normalized spacial score (nSPS) is 42.3. The fourth-order valence-corrected chi connectivity index (χ4v) is 8.52. The summed E-state index contributed by atoms with van der Waals surface area (Å²) in [6.07, 6.45) is -1.14. The molecule has 3 N–H and O–H groups in total. The van der Waals surface area contributed by atoms with Gasteiger partial charge in [0.15, 0.2) is 18.4 Å². The Morgan fingerprint density at radius 2 is 1.72 bits per heavy atom. The number of ketones is 1. The molecule has 0 bridgehead atoms. The molecule has 0 aromatic carbocycles. The minimum atomic E-state index is -1.68. The van der Waals surface area contributed by atoms with Gasteiger partial charge in [0.05, 0.1) is 24.2 Å². The molecular weight excluding hydrogens is 696 g/mol. The number of ether oxygens (including phenoxy) is 6. The van der Waals surface area contributed by atoms with Gasteiger partial charge in [-0.05, 0) is 98.4 Å². The van der Waals surface area contributed by atoms with E-state index in [-0.39, 0.29) is 54.4 Å². The molecule has 3 aliphatic rings. The molecule has 13 heteroatoms. The second-order valence-corrected chi connectivity index (χ2v) is 17.2. The molecule has 0 spiro atoms. The molecule has 13 nitrogen and oxygen atoms in total. The van der Waals surface area contributed by atoms with Gasteiger partial charge in [0.1, 0.15) is 29.5 Å². The number of carbonyl (C=O) groups is 3. The van der Waals surface area contributed by atoms with Crippen LogP contribution in [-0.2, 0) is 38.0 Å². The number of aliphatic hydroxyl groups excluding tert-OH is 1. The molecule has 1 amide bonds. The molecule has 3 rings (SSSR count). The molecule has 0 saturated carbocycles. The quantitative estimate of drug-likeness (QED) is 0.210. The van der Waals surface area contributed by atoms with Crippen LogP contribution in [-0.4, -0.2) is 120 Å². The van der Waals surface area contributed by atoms with Crippen molar-refractivity contribution in [3.05, 3.63) is 30.7 Å². The first-order valence-electron chi connectivity index (χ1n) is 19.5. The summed E-state index contributed by atoms with van der Waals surface area (Å²) in [4.78, 5) is 43.7. The van der Waals surface area contributed by atoms with Crippen LogP contribution in [0.1, 0.15) is 102 Å².